The van der Waals surface area contributed by atoms with E-state index >= 15 is 0 Å². The Morgan fingerprint density at radius 3 is 1.06 bits per heavy atom. The second kappa shape index (κ2) is 19.8. The molecule has 11 aromatic carbocycles. The Kier molecular flexibility index (Phi) is 12.0. The number of para-hydroxylation sites is 1. The van der Waals surface area contributed by atoms with E-state index in [0.29, 0.717) is 0 Å². The molecule has 0 unspecified atom stereocenters. The highest BCUT2D eigenvalue weighted by atomic mass is 15.3. The van der Waals surface area contributed by atoms with Crippen LogP contribution in [0.2, 0.25) is 0 Å². The summed E-state index contributed by atoms with van der Waals surface area (Å²) < 4.78 is 2.14. The summed E-state index contributed by atoms with van der Waals surface area (Å²) in [4.78, 5) is 2.36. The quantitative estimate of drug-likeness (QED) is 0.122. The third kappa shape index (κ3) is 8.81. The summed E-state index contributed by atoms with van der Waals surface area (Å²) in [5.74, 6) is 1.59. The van der Waals surface area contributed by atoms with E-state index in [0.717, 1.165) is 73.3 Å². The number of hydrogen-bond acceptors (Lipinski definition) is 3. The van der Waals surface area contributed by atoms with Crippen molar-refractivity contribution in [2.45, 2.75) is 0 Å². The first-order chi connectivity index (χ1) is 35.7. The molecule has 0 saturated carbocycles. The summed E-state index contributed by atoms with van der Waals surface area (Å²) >= 11 is 0. The Labute approximate surface area is 421 Å². The Hall–Kier alpha value is -9.64. The average Bonchev–Trinajstić information content (AvgIpc) is 3.92. The molecule has 0 aliphatic rings. The maximum absolute atomic E-state index is 4.76. The zero-order chi connectivity index (χ0) is 48.1. The van der Waals surface area contributed by atoms with Crippen molar-refractivity contribution >= 4 is 17.1 Å². The van der Waals surface area contributed by atoms with Crippen LogP contribution >= 0.6 is 0 Å². The fraction of sp³-hybridized carbons (Fsp3) is 0. The molecule has 4 nitrogen and oxygen atoms in total. The summed E-state index contributed by atoms with van der Waals surface area (Å²) in [7, 11) is 0. The predicted molar refractivity (Wildman–Crippen MR) is 300 cm³/mol. The summed E-state index contributed by atoms with van der Waals surface area (Å²) in [6, 6.07) is 104. The predicted octanol–water partition coefficient (Wildman–Crippen LogP) is 18.1. The van der Waals surface area contributed by atoms with Crippen LogP contribution in [0.15, 0.2) is 291 Å². The molecule has 0 atom stereocenters. The second-order valence-corrected chi connectivity index (χ2v) is 17.8. The molecule has 0 saturated heterocycles. The summed E-state index contributed by atoms with van der Waals surface area (Å²) in [6.07, 6.45) is 0. The molecule has 0 aliphatic carbocycles. The van der Waals surface area contributed by atoms with Crippen molar-refractivity contribution in [1.82, 2.24) is 14.8 Å². The molecule has 4 heteroatoms. The zero-order valence-corrected chi connectivity index (χ0v) is 39.5. The summed E-state index contributed by atoms with van der Waals surface area (Å²) in [5.41, 5.74) is 20.3. The molecule has 0 fully saturated rings. The van der Waals surface area contributed by atoms with Gasteiger partial charge in [-0.3, -0.25) is 4.57 Å². The van der Waals surface area contributed by atoms with Crippen molar-refractivity contribution in [2.75, 3.05) is 4.90 Å². The molecule has 12 aromatic rings. The van der Waals surface area contributed by atoms with Crippen molar-refractivity contribution in [3.8, 4) is 95.2 Å². The van der Waals surface area contributed by atoms with Gasteiger partial charge < -0.3 is 4.90 Å². The summed E-state index contributed by atoms with van der Waals surface area (Å²) in [6.45, 7) is 0. The lowest BCUT2D eigenvalue weighted by Gasteiger charge is -2.26. The van der Waals surface area contributed by atoms with Crippen molar-refractivity contribution in [1.29, 1.82) is 0 Å². The highest BCUT2D eigenvalue weighted by Crippen LogP contribution is 2.42. The van der Waals surface area contributed by atoms with Crippen molar-refractivity contribution in [2.24, 2.45) is 0 Å². The molecule has 0 spiro atoms. The smallest absolute Gasteiger partial charge is 0.168 e. The van der Waals surface area contributed by atoms with Gasteiger partial charge in [-0.25, -0.2) is 0 Å². The average molecular weight is 921 g/mol. The first-order valence-electron chi connectivity index (χ1n) is 24.4. The summed E-state index contributed by atoms with van der Waals surface area (Å²) in [5, 5.41) is 9.46. The maximum Gasteiger partial charge on any atom is 0.168 e. The minimum atomic E-state index is 0.790. The molecule has 0 aliphatic heterocycles. The van der Waals surface area contributed by atoms with E-state index in [4.69, 9.17) is 10.2 Å². The number of hydrogen-bond donors (Lipinski definition) is 0. The van der Waals surface area contributed by atoms with Crippen LogP contribution in [0.4, 0.5) is 17.1 Å². The molecule has 340 valence electrons. The molecule has 12 rings (SSSR count). The van der Waals surface area contributed by atoms with E-state index in [2.05, 4.69) is 264 Å². The molecular weight excluding hydrogens is 873 g/mol. The van der Waals surface area contributed by atoms with Gasteiger partial charge in [-0.1, -0.05) is 237 Å². The number of benzene rings is 11. The van der Waals surface area contributed by atoms with Gasteiger partial charge in [0, 0.05) is 33.9 Å². The van der Waals surface area contributed by atoms with Gasteiger partial charge in [0.2, 0.25) is 0 Å². The Balaban J connectivity index is 0.879. The van der Waals surface area contributed by atoms with Gasteiger partial charge in [0.1, 0.15) is 0 Å². The molecular formula is C68H48N4. The van der Waals surface area contributed by atoms with Crippen LogP contribution in [0.25, 0.3) is 95.2 Å². The minimum Gasteiger partial charge on any atom is -0.310 e. The highest BCUT2D eigenvalue weighted by Gasteiger charge is 2.20. The number of rotatable bonds is 12. The molecule has 72 heavy (non-hydrogen) atoms. The van der Waals surface area contributed by atoms with Crippen LogP contribution in [-0.4, -0.2) is 14.8 Å². The van der Waals surface area contributed by atoms with Crippen molar-refractivity contribution < 1.29 is 0 Å². The molecule has 1 heterocycles. The third-order valence-electron chi connectivity index (χ3n) is 13.4. The van der Waals surface area contributed by atoms with Crippen LogP contribution in [0.3, 0.4) is 0 Å². The molecule has 0 radical (unpaired) electrons. The Bertz CT molecular complexity index is 3760. The lowest BCUT2D eigenvalue weighted by Crippen LogP contribution is -2.10. The van der Waals surface area contributed by atoms with Crippen LogP contribution < -0.4 is 4.90 Å². The van der Waals surface area contributed by atoms with Gasteiger partial charge >= 0.3 is 0 Å². The van der Waals surface area contributed by atoms with Crippen LogP contribution in [0, 0.1) is 0 Å². The second-order valence-electron chi connectivity index (χ2n) is 17.8. The molecule has 0 N–H and O–H groups in total. The largest absolute Gasteiger partial charge is 0.310 e. The molecule has 1 aromatic heterocycles. The van der Waals surface area contributed by atoms with E-state index in [-0.39, 0.29) is 0 Å². The monoisotopic (exact) mass is 920 g/mol. The van der Waals surface area contributed by atoms with E-state index in [9.17, 15) is 0 Å². The standard InChI is InChI=1S/C68H48N4/c1-5-19-49(20-6-1)56-25-17-26-57(47-56)51-39-43-60(44-40-51)71(62-30-18-27-58(48-62)50-21-7-2-8-22-50)61-45-41-53(42-46-61)64-32-14-16-34-66(64)65-33-15-13-31-63(65)52-35-37-55(38-36-52)68-70-69-67(54-23-9-3-10-24-54)72(68)59-28-11-4-12-29-59/h1-48H. The number of anilines is 3. The number of nitrogens with zero attached hydrogens (tertiary/aromatic N) is 4. The van der Waals surface area contributed by atoms with Gasteiger partial charge in [0.05, 0.1) is 0 Å². The SMILES string of the molecule is c1ccc(-c2cccc(-c3ccc(N(c4ccc(-c5ccccc5-c5ccccc5-c5ccc(-c6nnc(-c7ccccc7)n6-c6ccccc6)cc5)cc4)c4cccc(-c5ccccc5)c4)cc3)c2)cc1. The fourth-order valence-electron chi connectivity index (χ4n) is 9.81. The van der Waals surface area contributed by atoms with Crippen molar-refractivity contribution in [3.05, 3.63) is 291 Å². The fourth-order valence-corrected chi connectivity index (χ4v) is 9.81. The topological polar surface area (TPSA) is 34.0 Å². The highest BCUT2D eigenvalue weighted by molar-refractivity contribution is 5.93. The Morgan fingerprint density at radius 2 is 0.556 bits per heavy atom. The Morgan fingerprint density at radius 1 is 0.222 bits per heavy atom. The van der Waals surface area contributed by atoms with Crippen LogP contribution in [-0.2, 0) is 0 Å². The third-order valence-corrected chi connectivity index (χ3v) is 13.4. The minimum absolute atomic E-state index is 0.790. The molecule has 0 bridgehead atoms. The van der Waals surface area contributed by atoms with Gasteiger partial charge in [-0.2, -0.15) is 0 Å². The lowest BCUT2D eigenvalue weighted by molar-refractivity contribution is 1.07. The number of aromatic nitrogens is 3. The van der Waals surface area contributed by atoms with Gasteiger partial charge in [-0.15, -0.1) is 10.2 Å². The lowest BCUT2D eigenvalue weighted by atomic mass is 9.89. The van der Waals surface area contributed by atoms with Crippen LogP contribution in [0.5, 0.6) is 0 Å². The van der Waals surface area contributed by atoms with Gasteiger partial charge in [-0.05, 0) is 121 Å². The first-order valence-corrected chi connectivity index (χ1v) is 24.4. The van der Waals surface area contributed by atoms with Crippen molar-refractivity contribution in [3.63, 3.8) is 0 Å². The molecule has 0 amide bonds. The normalized spacial score (nSPS) is 11.1. The first kappa shape index (κ1) is 43.6. The van der Waals surface area contributed by atoms with Gasteiger partial charge in [0.25, 0.3) is 0 Å². The van der Waals surface area contributed by atoms with Crippen LogP contribution in [0.1, 0.15) is 0 Å². The van der Waals surface area contributed by atoms with E-state index in [1.54, 1.807) is 0 Å². The van der Waals surface area contributed by atoms with Gasteiger partial charge in [0.15, 0.2) is 11.6 Å². The zero-order valence-electron chi connectivity index (χ0n) is 39.5. The van der Waals surface area contributed by atoms with E-state index in [1.807, 2.05) is 36.4 Å². The maximum atomic E-state index is 4.76. The van der Waals surface area contributed by atoms with E-state index in [1.165, 1.54) is 38.9 Å². The van der Waals surface area contributed by atoms with E-state index < -0.39 is 0 Å².